The molecule has 0 aromatic carbocycles. The molecule has 0 aliphatic heterocycles. The molecule has 0 rings (SSSR count). The molecule has 38 heavy (non-hydrogen) atoms. The lowest BCUT2D eigenvalue weighted by molar-refractivity contribution is -0.117. The Bertz CT molecular complexity index is 503. The van der Waals surface area contributed by atoms with E-state index in [2.05, 4.69) is 31.2 Å². The Morgan fingerprint density at radius 2 is 0.605 bits per heavy atom. The summed E-state index contributed by atoms with van der Waals surface area (Å²) in [5.74, 6) is 0.317. The maximum absolute atomic E-state index is 10.9. The summed E-state index contributed by atoms with van der Waals surface area (Å²) in [6, 6.07) is 0. The second-order valence-corrected chi connectivity index (χ2v) is 12.0. The van der Waals surface area contributed by atoms with Crippen LogP contribution in [0.2, 0.25) is 0 Å². The number of ketones is 1. The van der Waals surface area contributed by atoms with Gasteiger partial charge in [0.25, 0.3) is 0 Å². The lowest BCUT2D eigenvalue weighted by atomic mass is 10.0. The Hall–Kier alpha value is -0.850. The van der Waals surface area contributed by atoms with E-state index in [1.165, 1.54) is 173 Å². The number of hydrogen-bond donors (Lipinski definition) is 0. The zero-order valence-electron chi connectivity index (χ0n) is 26.4. The van der Waals surface area contributed by atoms with Gasteiger partial charge in [0.05, 0.1) is 0 Å². The summed E-state index contributed by atoms with van der Waals surface area (Å²) in [6.07, 6.45) is 50.5. The van der Waals surface area contributed by atoms with E-state index in [-0.39, 0.29) is 0 Å². The largest absolute Gasteiger partial charge is 0.300 e. The summed E-state index contributed by atoms with van der Waals surface area (Å²) in [7, 11) is 0. The monoisotopic (exact) mass is 531 g/mol. The molecule has 0 aliphatic rings. The van der Waals surface area contributed by atoms with Gasteiger partial charge >= 0.3 is 0 Å². The Kier molecular flexibility index (Phi) is 33.4. The van der Waals surface area contributed by atoms with Crippen molar-refractivity contribution >= 4 is 5.78 Å². The molecular weight excluding hydrogens is 460 g/mol. The fraction of sp³-hybridized carbons (Fsp3) is 0.865. The zero-order chi connectivity index (χ0) is 27.6. The average Bonchev–Trinajstić information content (AvgIpc) is 2.91. The number of carbonyl (C=O) groups is 1. The third kappa shape index (κ3) is 35.2. The molecule has 0 heterocycles. The minimum atomic E-state index is 0.317. The van der Waals surface area contributed by atoms with E-state index in [9.17, 15) is 4.79 Å². The predicted octanol–water partition coefficient (Wildman–Crippen LogP) is 13.4. The summed E-state index contributed by atoms with van der Waals surface area (Å²) in [5.41, 5.74) is 0. The van der Waals surface area contributed by atoms with Crippen LogP contribution in [0.25, 0.3) is 0 Å². The molecule has 0 aromatic rings. The molecule has 0 N–H and O–H groups in total. The maximum atomic E-state index is 10.9. The minimum absolute atomic E-state index is 0.317. The van der Waals surface area contributed by atoms with Crippen LogP contribution in [-0.2, 0) is 4.79 Å². The molecule has 0 bridgehead atoms. The van der Waals surface area contributed by atoms with E-state index >= 15 is 0 Å². The van der Waals surface area contributed by atoms with Crippen LogP contribution < -0.4 is 0 Å². The topological polar surface area (TPSA) is 17.1 Å². The van der Waals surface area contributed by atoms with Crippen LogP contribution in [0.4, 0.5) is 0 Å². The number of hydrogen-bond acceptors (Lipinski definition) is 1. The highest BCUT2D eigenvalue weighted by Gasteiger charge is 1.96. The summed E-state index contributed by atoms with van der Waals surface area (Å²) in [4.78, 5) is 10.9. The lowest BCUT2D eigenvalue weighted by Gasteiger charge is -2.04. The Balaban J connectivity index is 3.10. The summed E-state index contributed by atoms with van der Waals surface area (Å²) in [5, 5.41) is 0. The first kappa shape index (κ1) is 37.1. The average molecular weight is 531 g/mol. The van der Waals surface area contributed by atoms with Crippen molar-refractivity contribution < 1.29 is 4.79 Å². The molecule has 1 heteroatoms. The van der Waals surface area contributed by atoms with Gasteiger partial charge in [-0.3, -0.25) is 0 Å². The van der Waals surface area contributed by atoms with Crippen molar-refractivity contribution in [2.75, 3.05) is 0 Å². The van der Waals surface area contributed by atoms with Gasteiger partial charge in [0.2, 0.25) is 0 Å². The number of Topliss-reactive ketones (excluding diaryl/α,β-unsaturated/α-hetero) is 1. The van der Waals surface area contributed by atoms with Gasteiger partial charge in [0, 0.05) is 6.42 Å². The second kappa shape index (κ2) is 34.2. The van der Waals surface area contributed by atoms with E-state index in [1.807, 2.05) is 0 Å². The highest BCUT2D eigenvalue weighted by atomic mass is 16.1. The quantitative estimate of drug-likeness (QED) is 0.0624. The fourth-order valence-electron chi connectivity index (χ4n) is 5.34. The van der Waals surface area contributed by atoms with Crippen molar-refractivity contribution in [3.05, 3.63) is 24.3 Å². The normalized spacial score (nSPS) is 11.8. The molecular formula is C37H70O. The van der Waals surface area contributed by atoms with Crippen LogP contribution in [0.3, 0.4) is 0 Å². The molecule has 0 saturated carbocycles. The smallest absolute Gasteiger partial charge is 0.129 e. The van der Waals surface area contributed by atoms with Crippen LogP contribution in [0, 0.1) is 0 Å². The first-order valence-electron chi connectivity index (χ1n) is 17.6. The van der Waals surface area contributed by atoms with E-state index in [1.54, 1.807) is 6.92 Å². The van der Waals surface area contributed by atoms with Gasteiger partial charge in [-0.25, -0.2) is 0 Å². The number of carbonyl (C=O) groups excluding carboxylic acids is 1. The van der Waals surface area contributed by atoms with E-state index < -0.39 is 0 Å². The maximum Gasteiger partial charge on any atom is 0.129 e. The molecule has 0 saturated heterocycles. The van der Waals surface area contributed by atoms with Gasteiger partial charge in [0.15, 0.2) is 0 Å². The standard InChI is InChI=1S/C37H70O/c1-3-4-5-6-7-8-9-10-11-12-13-14-15-16-17-18-19-20-21-22-23-24-25-26-27-28-29-30-31-32-33-34-35-36-37(2)38/h10-11,32-33H,3-9,12-31,34-36H2,1-2H3/b11-10+,33-32+. The predicted molar refractivity (Wildman–Crippen MR) is 173 cm³/mol. The van der Waals surface area contributed by atoms with Crippen LogP contribution in [0.5, 0.6) is 0 Å². The molecule has 0 aliphatic carbocycles. The summed E-state index contributed by atoms with van der Waals surface area (Å²) >= 11 is 0. The first-order valence-corrected chi connectivity index (χ1v) is 17.6. The molecule has 0 atom stereocenters. The van der Waals surface area contributed by atoms with Gasteiger partial charge < -0.3 is 4.79 Å². The van der Waals surface area contributed by atoms with Crippen molar-refractivity contribution in [1.29, 1.82) is 0 Å². The molecule has 0 amide bonds. The second-order valence-electron chi connectivity index (χ2n) is 12.0. The van der Waals surface area contributed by atoms with Gasteiger partial charge in [-0.15, -0.1) is 0 Å². The van der Waals surface area contributed by atoms with Crippen LogP contribution in [0.1, 0.15) is 206 Å². The van der Waals surface area contributed by atoms with Crippen LogP contribution >= 0.6 is 0 Å². The molecule has 0 aromatic heterocycles. The Morgan fingerprint density at radius 1 is 0.368 bits per heavy atom. The molecule has 0 unspecified atom stereocenters. The lowest BCUT2D eigenvalue weighted by Crippen LogP contribution is -1.87. The number of rotatable bonds is 32. The van der Waals surface area contributed by atoms with Gasteiger partial charge in [-0.05, 0) is 58.3 Å². The van der Waals surface area contributed by atoms with Gasteiger partial charge in [0.1, 0.15) is 5.78 Å². The van der Waals surface area contributed by atoms with Crippen molar-refractivity contribution in [1.82, 2.24) is 0 Å². The van der Waals surface area contributed by atoms with Crippen molar-refractivity contribution in [3.63, 3.8) is 0 Å². The first-order chi connectivity index (χ1) is 18.8. The van der Waals surface area contributed by atoms with E-state index in [4.69, 9.17) is 0 Å². The van der Waals surface area contributed by atoms with Crippen molar-refractivity contribution in [2.45, 2.75) is 206 Å². The SMILES string of the molecule is CCCCCCCC/C=C/CCCCCCCCCCCCCCCCCCCC/C=C/CCCC(C)=O. The zero-order valence-corrected chi connectivity index (χ0v) is 26.4. The van der Waals surface area contributed by atoms with Crippen LogP contribution in [-0.4, -0.2) is 5.78 Å². The molecule has 0 spiro atoms. The van der Waals surface area contributed by atoms with E-state index in [0.717, 1.165) is 19.3 Å². The fourth-order valence-corrected chi connectivity index (χ4v) is 5.34. The number of unbranched alkanes of at least 4 members (excludes halogenated alkanes) is 26. The van der Waals surface area contributed by atoms with Crippen molar-refractivity contribution in [2.24, 2.45) is 0 Å². The van der Waals surface area contributed by atoms with Gasteiger partial charge in [-0.1, -0.05) is 166 Å². The molecule has 1 nitrogen and oxygen atoms in total. The van der Waals surface area contributed by atoms with Gasteiger partial charge in [-0.2, -0.15) is 0 Å². The molecule has 224 valence electrons. The van der Waals surface area contributed by atoms with E-state index in [0.29, 0.717) is 5.78 Å². The Labute approximate surface area is 241 Å². The summed E-state index contributed by atoms with van der Waals surface area (Å²) < 4.78 is 0. The highest BCUT2D eigenvalue weighted by Crippen LogP contribution is 2.15. The molecule has 0 fully saturated rings. The molecule has 0 radical (unpaired) electrons. The van der Waals surface area contributed by atoms with Crippen molar-refractivity contribution in [3.8, 4) is 0 Å². The highest BCUT2D eigenvalue weighted by molar-refractivity contribution is 5.75. The third-order valence-electron chi connectivity index (χ3n) is 7.95. The third-order valence-corrected chi connectivity index (χ3v) is 7.95. The van der Waals surface area contributed by atoms with Crippen LogP contribution in [0.15, 0.2) is 24.3 Å². The summed E-state index contributed by atoms with van der Waals surface area (Å²) in [6.45, 7) is 3.98. The minimum Gasteiger partial charge on any atom is -0.300 e. The number of allylic oxidation sites excluding steroid dienone is 4. The Morgan fingerprint density at radius 3 is 0.868 bits per heavy atom.